The van der Waals surface area contributed by atoms with Gasteiger partial charge >= 0.3 is 0 Å². The number of carbonyl (C=O) groups is 1. The van der Waals surface area contributed by atoms with Gasteiger partial charge in [0.1, 0.15) is 10.7 Å². The summed E-state index contributed by atoms with van der Waals surface area (Å²) in [6, 6.07) is 9.47. The fourth-order valence-corrected chi connectivity index (χ4v) is 4.88. The van der Waals surface area contributed by atoms with E-state index in [1.54, 1.807) is 11.6 Å². The minimum atomic E-state index is -0.148. The Morgan fingerprint density at radius 1 is 1.34 bits per heavy atom. The number of halogens is 1. The molecule has 0 spiro atoms. The van der Waals surface area contributed by atoms with Gasteiger partial charge in [0.05, 0.1) is 17.7 Å². The van der Waals surface area contributed by atoms with E-state index in [0.29, 0.717) is 33.2 Å². The molecule has 0 fully saturated rings. The fourth-order valence-electron chi connectivity index (χ4n) is 2.98. The van der Waals surface area contributed by atoms with Crippen molar-refractivity contribution in [3.8, 4) is 17.3 Å². The minimum Gasteiger partial charge on any atom is -0.461 e. The molecule has 1 N–H and O–H groups in total. The van der Waals surface area contributed by atoms with Crippen LogP contribution in [0.15, 0.2) is 51.5 Å². The van der Waals surface area contributed by atoms with Crippen molar-refractivity contribution in [2.45, 2.75) is 44.1 Å². The summed E-state index contributed by atoms with van der Waals surface area (Å²) in [4.78, 5) is 16.8. The van der Waals surface area contributed by atoms with Crippen molar-refractivity contribution < 1.29 is 9.21 Å². The summed E-state index contributed by atoms with van der Waals surface area (Å²) in [5.74, 6) is 1.61. The Balaban J connectivity index is 1.60. The summed E-state index contributed by atoms with van der Waals surface area (Å²) >= 11 is 9.23. The second-order valence-corrected chi connectivity index (χ2v) is 9.57. The zero-order chi connectivity index (χ0) is 22.7. The number of carbonyl (C=O) groups excluding carboxylic acids is 1. The summed E-state index contributed by atoms with van der Waals surface area (Å²) in [5, 5.41) is 15.6. The molecule has 0 saturated carbocycles. The Labute approximate surface area is 199 Å². The van der Waals surface area contributed by atoms with Crippen molar-refractivity contribution in [2.24, 2.45) is 0 Å². The van der Waals surface area contributed by atoms with Gasteiger partial charge in [-0.05, 0) is 50.1 Å². The van der Waals surface area contributed by atoms with Crippen LogP contribution in [0.25, 0.3) is 17.3 Å². The van der Waals surface area contributed by atoms with Crippen molar-refractivity contribution >= 4 is 40.6 Å². The first-order valence-corrected chi connectivity index (χ1v) is 12.3. The number of benzene rings is 1. The number of furan rings is 1. The van der Waals surface area contributed by atoms with E-state index in [0.717, 1.165) is 22.7 Å². The molecule has 1 atom stereocenters. The summed E-state index contributed by atoms with van der Waals surface area (Å²) in [6.45, 7) is 6.01. The van der Waals surface area contributed by atoms with Gasteiger partial charge in [-0.2, -0.15) is 0 Å². The molecule has 3 heterocycles. The second-order valence-electron chi connectivity index (χ2n) is 7.25. The number of nitrogens with zero attached hydrogens (tertiary/aromatic N) is 4. The Morgan fingerprint density at radius 2 is 2.19 bits per heavy atom. The standard InChI is InChI=1S/C22H22ClN5O2S2/c1-4-14(3)24-21(29)16-11-31-19(25-16)12-32-22-27-26-20(18-6-5-9-30-18)28(22)17-10-15(23)8-7-13(17)2/h5-11,14H,4,12H2,1-3H3,(H,24,29). The Kier molecular flexibility index (Phi) is 6.98. The summed E-state index contributed by atoms with van der Waals surface area (Å²) in [5.41, 5.74) is 2.35. The maximum absolute atomic E-state index is 12.3. The second kappa shape index (κ2) is 9.89. The molecule has 4 rings (SSSR count). The average molecular weight is 488 g/mol. The zero-order valence-corrected chi connectivity index (χ0v) is 20.2. The van der Waals surface area contributed by atoms with Crippen molar-refractivity contribution in [2.75, 3.05) is 0 Å². The number of aromatic nitrogens is 4. The van der Waals surface area contributed by atoms with Gasteiger partial charge in [-0.25, -0.2) is 4.98 Å². The van der Waals surface area contributed by atoms with Gasteiger partial charge in [0.25, 0.3) is 5.91 Å². The number of amides is 1. The molecule has 0 bridgehead atoms. The molecule has 0 radical (unpaired) electrons. The number of thioether (sulfide) groups is 1. The normalized spacial score (nSPS) is 12.1. The Bertz CT molecular complexity index is 1220. The molecule has 1 amide bonds. The van der Waals surface area contributed by atoms with E-state index < -0.39 is 0 Å². The molecule has 1 unspecified atom stereocenters. The zero-order valence-electron chi connectivity index (χ0n) is 17.8. The van der Waals surface area contributed by atoms with Gasteiger partial charge in [0.2, 0.25) is 5.82 Å². The highest BCUT2D eigenvalue weighted by Crippen LogP contribution is 2.32. The third-order valence-corrected chi connectivity index (χ3v) is 7.09. The third-order valence-electron chi connectivity index (χ3n) is 4.89. The minimum absolute atomic E-state index is 0.113. The van der Waals surface area contributed by atoms with Gasteiger partial charge in [0, 0.05) is 16.4 Å². The largest absolute Gasteiger partial charge is 0.461 e. The van der Waals surface area contributed by atoms with E-state index in [-0.39, 0.29) is 11.9 Å². The van der Waals surface area contributed by atoms with Crippen LogP contribution >= 0.6 is 34.7 Å². The molecule has 4 aromatic rings. The molecule has 0 aliphatic carbocycles. The number of hydrogen-bond donors (Lipinski definition) is 1. The molecule has 0 aliphatic rings. The van der Waals surface area contributed by atoms with Gasteiger partial charge in [0.15, 0.2) is 10.9 Å². The topological polar surface area (TPSA) is 85.8 Å². The van der Waals surface area contributed by atoms with Crippen molar-refractivity contribution in [3.63, 3.8) is 0 Å². The lowest BCUT2D eigenvalue weighted by atomic mass is 10.2. The SMILES string of the molecule is CCC(C)NC(=O)c1csc(CSc2nnc(-c3ccco3)n2-c2cc(Cl)ccc2C)n1. The highest BCUT2D eigenvalue weighted by Gasteiger charge is 2.20. The first-order valence-electron chi connectivity index (χ1n) is 10.1. The number of thiazole rings is 1. The summed E-state index contributed by atoms with van der Waals surface area (Å²) in [6.07, 6.45) is 2.47. The number of nitrogens with one attached hydrogen (secondary N) is 1. The van der Waals surface area contributed by atoms with Crippen molar-refractivity contribution in [3.05, 3.63) is 63.3 Å². The van der Waals surface area contributed by atoms with Crippen LogP contribution in [0.5, 0.6) is 0 Å². The lowest BCUT2D eigenvalue weighted by Gasteiger charge is -2.12. The lowest BCUT2D eigenvalue weighted by Crippen LogP contribution is -2.32. The van der Waals surface area contributed by atoms with Crippen LogP contribution in [-0.4, -0.2) is 31.7 Å². The quantitative estimate of drug-likeness (QED) is 0.318. The van der Waals surface area contributed by atoms with Crippen LogP contribution in [-0.2, 0) is 5.75 Å². The number of aryl methyl sites for hydroxylation is 1. The Morgan fingerprint density at radius 3 is 2.94 bits per heavy atom. The molecular formula is C22H22ClN5O2S2. The number of hydrogen-bond acceptors (Lipinski definition) is 7. The number of rotatable bonds is 8. The molecule has 0 saturated heterocycles. The molecule has 32 heavy (non-hydrogen) atoms. The molecule has 0 aliphatic heterocycles. The lowest BCUT2D eigenvalue weighted by molar-refractivity contribution is 0.0935. The first-order chi connectivity index (χ1) is 15.5. The van der Waals surface area contributed by atoms with E-state index in [1.807, 2.05) is 55.7 Å². The van der Waals surface area contributed by atoms with Crippen molar-refractivity contribution in [1.29, 1.82) is 0 Å². The van der Waals surface area contributed by atoms with Crippen LogP contribution in [0.4, 0.5) is 0 Å². The van der Waals surface area contributed by atoms with Crippen LogP contribution in [0, 0.1) is 6.92 Å². The van der Waals surface area contributed by atoms with Crippen molar-refractivity contribution in [1.82, 2.24) is 25.1 Å². The maximum atomic E-state index is 12.3. The van der Waals surface area contributed by atoms with E-state index in [9.17, 15) is 4.79 Å². The summed E-state index contributed by atoms with van der Waals surface area (Å²) in [7, 11) is 0. The molecule has 3 aromatic heterocycles. The van der Waals surface area contributed by atoms with Gasteiger partial charge in [-0.3, -0.25) is 9.36 Å². The average Bonchev–Trinajstić information content (AvgIpc) is 3.54. The highest BCUT2D eigenvalue weighted by molar-refractivity contribution is 7.98. The van der Waals surface area contributed by atoms with Crippen LogP contribution in [0.1, 0.15) is 41.3 Å². The molecule has 10 heteroatoms. The maximum Gasteiger partial charge on any atom is 0.270 e. The van der Waals surface area contributed by atoms with E-state index in [2.05, 4.69) is 20.5 Å². The van der Waals surface area contributed by atoms with Gasteiger partial charge in [-0.1, -0.05) is 36.4 Å². The van der Waals surface area contributed by atoms with Gasteiger partial charge in [-0.15, -0.1) is 21.5 Å². The van der Waals surface area contributed by atoms with E-state index in [1.165, 1.54) is 23.1 Å². The van der Waals surface area contributed by atoms with Crippen LogP contribution in [0.2, 0.25) is 5.02 Å². The van der Waals surface area contributed by atoms with Gasteiger partial charge < -0.3 is 9.73 Å². The van der Waals surface area contributed by atoms with Crippen LogP contribution < -0.4 is 5.32 Å². The monoisotopic (exact) mass is 487 g/mol. The highest BCUT2D eigenvalue weighted by atomic mass is 35.5. The fraction of sp³-hybridized carbons (Fsp3) is 0.273. The van der Waals surface area contributed by atoms with E-state index in [4.69, 9.17) is 16.0 Å². The molecular weight excluding hydrogens is 466 g/mol. The third kappa shape index (κ3) is 4.90. The summed E-state index contributed by atoms with van der Waals surface area (Å²) < 4.78 is 7.52. The first kappa shape index (κ1) is 22.6. The van der Waals surface area contributed by atoms with Crippen LogP contribution in [0.3, 0.4) is 0 Å². The molecule has 7 nitrogen and oxygen atoms in total. The van der Waals surface area contributed by atoms with E-state index >= 15 is 0 Å². The smallest absolute Gasteiger partial charge is 0.270 e. The predicted molar refractivity (Wildman–Crippen MR) is 128 cm³/mol. The molecule has 166 valence electrons. The molecule has 1 aromatic carbocycles. The Hall–Kier alpha value is -2.62. The predicted octanol–water partition coefficient (Wildman–Crippen LogP) is 5.77.